The van der Waals surface area contributed by atoms with E-state index in [-0.39, 0.29) is 17.9 Å². The van der Waals surface area contributed by atoms with Crippen LogP contribution in [-0.4, -0.2) is 59.7 Å². The zero-order valence-corrected chi connectivity index (χ0v) is 15.6. The Morgan fingerprint density at radius 1 is 1.32 bits per heavy atom. The Labute approximate surface area is 150 Å². The molecule has 1 spiro atoms. The van der Waals surface area contributed by atoms with Gasteiger partial charge in [0.05, 0.1) is 19.3 Å². The lowest BCUT2D eigenvalue weighted by atomic mass is 9.74. The van der Waals surface area contributed by atoms with Crippen LogP contribution in [0.4, 0.5) is 0 Å². The molecule has 1 unspecified atom stereocenters. The third kappa shape index (κ3) is 3.67. The van der Waals surface area contributed by atoms with Crippen LogP contribution in [0.15, 0.2) is 24.3 Å². The van der Waals surface area contributed by atoms with Gasteiger partial charge >= 0.3 is 0 Å². The number of benzene rings is 1. The molecule has 0 aromatic heterocycles. The summed E-state index contributed by atoms with van der Waals surface area (Å²) < 4.78 is 5.31. The summed E-state index contributed by atoms with van der Waals surface area (Å²) >= 11 is 0. The molecule has 5 heteroatoms. The standard InChI is InChI=1S/C20H30N2O3/c1-16(24)22-14-20(13-19(22,2)15-23)7-9-21(10-8-20)12-17-5-4-6-18(11-17)25-3/h4-6,11,23H,7-10,12-15H2,1-3H3. The molecule has 0 radical (unpaired) electrons. The van der Waals surface area contributed by atoms with Crippen LogP contribution >= 0.6 is 0 Å². The zero-order chi connectivity index (χ0) is 18.1. The van der Waals surface area contributed by atoms with Crippen molar-refractivity contribution < 1.29 is 14.6 Å². The predicted octanol–water partition coefficient (Wildman–Crippen LogP) is 2.28. The van der Waals surface area contributed by atoms with E-state index in [1.807, 2.05) is 24.0 Å². The number of aliphatic hydroxyl groups is 1. The van der Waals surface area contributed by atoms with Crippen molar-refractivity contribution in [3.8, 4) is 5.75 Å². The monoisotopic (exact) mass is 346 g/mol. The van der Waals surface area contributed by atoms with Crippen molar-refractivity contribution in [1.29, 1.82) is 0 Å². The first-order valence-electron chi connectivity index (χ1n) is 9.14. The average molecular weight is 346 g/mol. The molecule has 2 aliphatic heterocycles. The fraction of sp³-hybridized carbons (Fsp3) is 0.650. The van der Waals surface area contributed by atoms with Crippen molar-refractivity contribution in [1.82, 2.24) is 9.80 Å². The van der Waals surface area contributed by atoms with Crippen molar-refractivity contribution in [3.63, 3.8) is 0 Å². The Morgan fingerprint density at radius 2 is 2.04 bits per heavy atom. The Bertz CT molecular complexity index is 625. The molecule has 2 heterocycles. The lowest BCUT2D eigenvalue weighted by Gasteiger charge is -2.39. The SMILES string of the molecule is COc1cccc(CN2CCC3(CC2)CN(C(C)=O)C(C)(CO)C3)c1. The molecule has 0 bridgehead atoms. The van der Waals surface area contributed by atoms with Gasteiger partial charge in [0.15, 0.2) is 0 Å². The van der Waals surface area contributed by atoms with Crippen LogP contribution in [0.5, 0.6) is 5.75 Å². The van der Waals surface area contributed by atoms with E-state index < -0.39 is 5.54 Å². The van der Waals surface area contributed by atoms with Gasteiger partial charge in [-0.2, -0.15) is 0 Å². The third-order valence-electron chi connectivity index (χ3n) is 6.08. The van der Waals surface area contributed by atoms with Gasteiger partial charge in [0.25, 0.3) is 0 Å². The smallest absolute Gasteiger partial charge is 0.219 e. The summed E-state index contributed by atoms with van der Waals surface area (Å²) in [5, 5.41) is 9.84. The number of hydrogen-bond acceptors (Lipinski definition) is 4. The van der Waals surface area contributed by atoms with Gasteiger partial charge < -0.3 is 14.7 Å². The number of ether oxygens (including phenoxy) is 1. The second-order valence-corrected chi connectivity index (χ2v) is 8.06. The summed E-state index contributed by atoms with van der Waals surface area (Å²) in [5.74, 6) is 0.977. The van der Waals surface area contributed by atoms with E-state index >= 15 is 0 Å². The number of methoxy groups -OCH3 is 1. The Morgan fingerprint density at radius 3 is 2.60 bits per heavy atom. The van der Waals surface area contributed by atoms with Gasteiger partial charge in [0.2, 0.25) is 5.91 Å². The molecule has 2 fully saturated rings. The second kappa shape index (κ2) is 6.96. The van der Waals surface area contributed by atoms with E-state index in [1.54, 1.807) is 14.0 Å². The van der Waals surface area contributed by atoms with Gasteiger partial charge in [-0.15, -0.1) is 0 Å². The van der Waals surface area contributed by atoms with Gasteiger partial charge in [-0.3, -0.25) is 9.69 Å². The average Bonchev–Trinajstić information content (AvgIpc) is 2.91. The van der Waals surface area contributed by atoms with Crippen LogP contribution in [0.25, 0.3) is 0 Å². The first kappa shape index (κ1) is 18.2. The summed E-state index contributed by atoms with van der Waals surface area (Å²) in [7, 11) is 1.70. The summed E-state index contributed by atoms with van der Waals surface area (Å²) in [4.78, 5) is 16.4. The van der Waals surface area contributed by atoms with Crippen molar-refractivity contribution >= 4 is 5.91 Å². The maximum Gasteiger partial charge on any atom is 0.219 e. The van der Waals surface area contributed by atoms with Crippen molar-refractivity contribution in [2.24, 2.45) is 5.41 Å². The molecule has 0 aliphatic carbocycles. The van der Waals surface area contributed by atoms with E-state index in [9.17, 15) is 9.90 Å². The quantitative estimate of drug-likeness (QED) is 0.909. The highest BCUT2D eigenvalue weighted by molar-refractivity contribution is 5.74. The van der Waals surface area contributed by atoms with Crippen LogP contribution in [0.2, 0.25) is 0 Å². The molecule has 1 amide bonds. The topological polar surface area (TPSA) is 53.0 Å². The maximum atomic E-state index is 12.0. The molecule has 2 saturated heterocycles. The highest BCUT2D eigenvalue weighted by Crippen LogP contribution is 2.48. The van der Waals surface area contributed by atoms with E-state index in [4.69, 9.17) is 4.74 Å². The number of amides is 1. The molecule has 0 saturated carbocycles. The Balaban J connectivity index is 1.62. The zero-order valence-electron chi connectivity index (χ0n) is 15.6. The Hall–Kier alpha value is -1.59. The molecule has 5 nitrogen and oxygen atoms in total. The lowest BCUT2D eigenvalue weighted by Crippen LogP contribution is -2.46. The maximum absolute atomic E-state index is 12.0. The normalized spacial score (nSPS) is 26.2. The molecule has 1 atom stereocenters. The van der Waals surface area contributed by atoms with Crippen molar-refractivity contribution in [2.75, 3.05) is 33.4 Å². The highest BCUT2D eigenvalue weighted by Gasteiger charge is 2.52. The van der Waals surface area contributed by atoms with Crippen LogP contribution in [-0.2, 0) is 11.3 Å². The van der Waals surface area contributed by atoms with E-state index in [1.165, 1.54) is 5.56 Å². The van der Waals surface area contributed by atoms with Gasteiger partial charge in [0.1, 0.15) is 5.75 Å². The van der Waals surface area contributed by atoms with Crippen LogP contribution in [0, 0.1) is 5.41 Å². The third-order valence-corrected chi connectivity index (χ3v) is 6.08. The minimum atomic E-state index is -0.402. The predicted molar refractivity (Wildman–Crippen MR) is 97.4 cm³/mol. The Kier molecular flexibility index (Phi) is 5.07. The first-order valence-corrected chi connectivity index (χ1v) is 9.14. The summed E-state index contributed by atoms with van der Waals surface area (Å²) in [5.41, 5.74) is 1.03. The van der Waals surface area contributed by atoms with E-state index in [2.05, 4.69) is 17.0 Å². The number of aliphatic hydroxyl groups excluding tert-OH is 1. The number of carbonyl (C=O) groups is 1. The van der Waals surface area contributed by atoms with Gasteiger partial charge in [-0.05, 0) is 62.4 Å². The molecule has 25 heavy (non-hydrogen) atoms. The fourth-order valence-electron chi connectivity index (χ4n) is 4.67. The molecule has 2 aliphatic rings. The summed E-state index contributed by atoms with van der Waals surface area (Å²) in [6.07, 6.45) is 3.07. The van der Waals surface area contributed by atoms with Crippen molar-refractivity contribution in [2.45, 2.75) is 45.2 Å². The summed E-state index contributed by atoms with van der Waals surface area (Å²) in [6, 6.07) is 8.25. The minimum Gasteiger partial charge on any atom is -0.497 e. The molecular formula is C20H30N2O3. The van der Waals surface area contributed by atoms with Crippen molar-refractivity contribution in [3.05, 3.63) is 29.8 Å². The molecular weight excluding hydrogens is 316 g/mol. The van der Waals surface area contributed by atoms with Crippen LogP contribution in [0.3, 0.4) is 0 Å². The highest BCUT2D eigenvalue weighted by atomic mass is 16.5. The van der Waals surface area contributed by atoms with Gasteiger partial charge in [-0.1, -0.05) is 12.1 Å². The number of likely N-dealkylation sites (tertiary alicyclic amines) is 2. The van der Waals surface area contributed by atoms with Gasteiger partial charge in [-0.25, -0.2) is 0 Å². The number of hydrogen-bond donors (Lipinski definition) is 1. The van der Waals surface area contributed by atoms with E-state index in [0.717, 1.165) is 51.2 Å². The number of piperidine rings is 1. The molecule has 1 aromatic carbocycles. The summed E-state index contributed by atoms with van der Waals surface area (Å²) in [6.45, 7) is 7.46. The van der Waals surface area contributed by atoms with Gasteiger partial charge in [0, 0.05) is 20.0 Å². The second-order valence-electron chi connectivity index (χ2n) is 8.06. The fourth-order valence-corrected chi connectivity index (χ4v) is 4.67. The van der Waals surface area contributed by atoms with Crippen LogP contribution < -0.4 is 4.74 Å². The molecule has 1 aromatic rings. The van der Waals surface area contributed by atoms with Crippen LogP contribution in [0.1, 0.15) is 38.7 Å². The number of carbonyl (C=O) groups excluding carboxylic acids is 1. The number of rotatable bonds is 4. The van der Waals surface area contributed by atoms with E-state index in [0.29, 0.717) is 0 Å². The molecule has 3 rings (SSSR count). The first-order chi connectivity index (χ1) is 11.9. The minimum absolute atomic E-state index is 0.0435. The number of nitrogens with zero attached hydrogens (tertiary/aromatic N) is 2. The molecule has 138 valence electrons. The largest absolute Gasteiger partial charge is 0.497 e. The lowest BCUT2D eigenvalue weighted by molar-refractivity contribution is -0.134. The molecule has 1 N–H and O–H groups in total.